The SMILES string of the molecule is O=c1cc(N=Nc2c(O)[nH]c3ccccc23)[nH]c(=O)[nH]1. The molecular weight excluding hydrogens is 262 g/mol. The number of hydrogen-bond donors (Lipinski definition) is 4. The van der Waals surface area contributed by atoms with E-state index in [0.29, 0.717) is 10.9 Å². The molecule has 2 heterocycles. The van der Waals surface area contributed by atoms with Gasteiger partial charge in [-0.1, -0.05) is 18.2 Å². The number of azo groups is 1. The second-order valence-corrected chi connectivity index (χ2v) is 4.04. The first-order valence-corrected chi connectivity index (χ1v) is 5.68. The molecule has 0 amide bonds. The number of para-hydroxylation sites is 1. The normalized spacial score (nSPS) is 11.4. The van der Waals surface area contributed by atoms with E-state index in [1.54, 1.807) is 18.2 Å². The van der Waals surface area contributed by atoms with Crippen molar-refractivity contribution in [3.8, 4) is 5.88 Å². The first kappa shape index (κ1) is 11.9. The van der Waals surface area contributed by atoms with Crippen molar-refractivity contribution in [1.29, 1.82) is 0 Å². The lowest BCUT2D eigenvalue weighted by atomic mass is 10.2. The van der Waals surface area contributed by atoms with E-state index in [0.717, 1.165) is 6.07 Å². The van der Waals surface area contributed by atoms with E-state index in [2.05, 4.69) is 20.2 Å². The lowest BCUT2D eigenvalue weighted by Gasteiger charge is -1.92. The number of hydrogen-bond acceptors (Lipinski definition) is 5. The zero-order valence-electron chi connectivity index (χ0n) is 10.0. The lowest BCUT2D eigenvalue weighted by Crippen LogP contribution is -2.20. The Balaban J connectivity index is 2.08. The number of nitrogens with zero attached hydrogens (tertiary/aromatic N) is 2. The Hall–Kier alpha value is -3.16. The molecule has 1 aromatic carbocycles. The van der Waals surface area contributed by atoms with Gasteiger partial charge in [0.15, 0.2) is 11.5 Å². The fourth-order valence-corrected chi connectivity index (χ4v) is 1.83. The molecule has 0 spiro atoms. The molecule has 0 radical (unpaired) electrons. The first-order valence-electron chi connectivity index (χ1n) is 5.68. The van der Waals surface area contributed by atoms with E-state index < -0.39 is 11.2 Å². The fraction of sp³-hybridized carbons (Fsp3) is 0. The quantitative estimate of drug-likeness (QED) is 0.529. The molecule has 0 saturated carbocycles. The predicted octanol–water partition coefficient (Wildman–Crippen LogP) is 1.67. The van der Waals surface area contributed by atoms with Crippen LogP contribution in [0.4, 0.5) is 11.5 Å². The van der Waals surface area contributed by atoms with Gasteiger partial charge in [0, 0.05) is 11.5 Å². The highest BCUT2D eigenvalue weighted by Gasteiger charge is 2.09. The third-order valence-corrected chi connectivity index (χ3v) is 2.66. The largest absolute Gasteiger partial charge is 0.493 e. The number of benzene rings is 1. The van der Waals surface area contributed by atoms with Crippen molar-refractivity contribution in [3.63, 3.8) is 0 Å². The van der Waals surface area contributed by atoms with Crippen LogP contribution in [0, 0.1) is 0 Å². The summed E-state index contributed by atoms with van der Waals surface area (Å²) >= 11 is 0. The van der Waals surface area contributed by atoms with Crippen LogP contribution >= 0.6 is 0 Å². The summed E-state index contributed by atoms with van der Waals surface area (Å²) in [5.41, 5.74) is -0.305. The Kier molecular flexibility index (Phi) is 2.68. The van der Waals surface area contributed by atoms with Crippen LogP contribution in [0.1, 0.15) is 0 Å². The Morgan fingerprint density at radius 3 is 2.60 bits per heavy atom. The van der Waals surface area contributed by atoms with Crippen LogP contribution in [0.25, 0.3) is 10.9 Å². The van der Waals surface area contributed by atoms with E-state index in [-0.39, 0.29) is 17.4 Å². The van der Waals surface area contributed by atoms with Gasteiger partial charge in [-0.3, -0.25) is 14.8 Å². The number of aromatic nitrogens is 3. The molecule has 3 aromatic rings. The van der Waals surface area contributed by atoms with Crippen LogP contribution in [0.5, 0.6) is 5.88 Å². The molecule has 0 bridgehead atoms. The number of fused-ring (bicyclic) bond motifs is 1. The molecule has 8 nitrogen and oxygen atoms in total. The zero-order chi connectivity index (χ0) is 14.1. The van der Waals surface area contributed by atoms with Gasteiger partial charge in [-0.25, -0.2) is 4.79 Å². The van der Waals surface area contributed by atoms with Crippen molar-refractivity contribution in [2.24, 2.45) is 10.2 Å². The van der Waals surface area contributed by atoms with Gasteiger partial charge in [-0.05, 0) is 6.07 Å². The fourth-order valence-electron chi connectivity index (χ4n) is 1.83. The van der Waals surface area contributed by atoms with Gasteiger partial charge in [0.1, 0.15) is 0 Å². The lowest BCUT2D eigenvalue weighted by molar-refractivity contribution is 0.459. The third-order valence-electron chi connectivity index (χ3n) is 2.66. The minimum atomic E-state index is -0.672. The van der Waals surface area contributed by atoms with E-state index >= 15 is 0 Å². The summed E-state index contributed by atoms with van der Waals surface area (Å²) in [6.45, 7) is 0. The first-order chi connectivity index (χ1) is 9.63. The van der Waals surface area contributed by atoms with Crippen molar-refractivity contribution < 1.29 is 5.11 Å². The van der Waals surface area contributed by atoms with Crippen LogP contribution in [-0.2, 0) is 0 Å². The minimum absolute atomic E-state index is 0.00318. The van der Waals surface area contributed by atoms with Crippen molar-refractivity contribution in [1.82, 2.24) is 15.0 Å². The summed E-state index contributed by atoms with van der Waals surface area (Å²) < 4.78 is 0. The van der Waals surface area contributed by atoms with Gasteiger partial charge in [0.05, 0.1) is 5.52 Å². The maximum absolute atomic E-state index is 11.1. The van der Waals surface area contributed by atoms with Crippen LogP contribution in [0.15, 0.2) is 50.1 Å². The van der Waals surface area contributed by atoms with Gasteiger partial charge >= 0.3 is 5.69 Å². The van der Waals surface area contributed by atoms with E-state index in [9.17, 15) is 14.7 Å². The molecule has 100 valence electrons. The number of rotatable bonds is 2. The van der Waals surface area contributed by atoms with Crippen LogP contribution in [0.3, 0.4) is 0 Å². The average molecular weight is 271 g/mol. The Labute approximate surface area is 110 Å². The second kappa shape index (κ2) is 4.50. The molecule has 8 heteroatoms. The molecule has 0 saturated heterocycles. The molecule has 0 atom stereocenters. The molecule has 20 heavy (non-hydrogen) atoms. The summed E-state index contributed by atoms with van der Waals surface area (Å²) in [4.78, 5) is 29.3. The molecule has 0 aliphatic carbocycles. The van der Waals surface area contributed by atoms with Crippen molar-refractivity contribution in [2.45, 2.75) is 0 Å². The second-order valence-electron chi connectivity index (χ2n) is 4.04. The van der Waals surface area contributed by atoms with Gasteiger partial charge in [0.25, 0.3) is 5.56 Å². The van der Waals surface area contributed by atoms with Gasteiger partial charge < -0.3 is 10.1 Å². The zero-order valence-corrected chi connectivity index (χ0v) is 10.0. The summed E-state index contributed by atoms with van der Waals surface area (Å²) in [7, 11) is 0. The Morgan fingerprint density at radius 1 is 1.00 bits per heavy atom. The maximum Gasteiger partial charge on any atom is 0.327 e. The molecule has 3 rings (SSSR count). The number of nitrogens with one attached hydrogen (secondary N) is 3. The number of aromatic amines is 3. The monoisotopic (exact) mass is 271 g/mol. The van der Waals surface area contributed by atoms with Crippen LogP contribution < -0.4 is 11.2 Å². The smallest absolute Gasteiger partial charge is 0.327 e. The molecule has 0 aliphatic rings. The van der Waals surface area contributed by atoms with Crippen molar-refractivity contribution >= 4 is 22.4 Å². The summed E-state index contributed by atoms with van der Waals surface area (Å²) in [5.74, 6) is -0.134. The van der Waals surface area contributed by atoms with Gasteiger partial charge in [-0.2, -0.15) is 0 Å². The highest BCUT2D eigenvalue weighted by atomic mass is 16.3. The third kappa shape index (κ3) is 2.09. The van der Waals surface area contributed by atoms with E-state index in [4.69, 9.17) is 0 Å². The van der Waals surface area contributed by atoms with Gasteiger partial charge in [-0.15, -0.1) is 10.2 Å². The molecule has 4 N–H and O–H groups in total. The van der Waals surface area contributed by atoms with Crippen LogP contribution in [0.2, 0.25) is 0 Å². The van der Waals surface area contributed by atoms with E-state index in [1.165, 1.54) is 0 Å². The highest BCUT2D eigenvalue weighted by Crippen LogP contribution is 2.35. The topological polar surface area (TPSA) is 126 Å². The Morgan fingerprint density at radius 2 is 1.80 bits per heavy atom. The molecule has 0 fully saturated rings. The molecule has 0 aliphatic heterocycles. The minimum Gasteiger partial charge on any atom is -0.493 e. The van der Waals surface area contributed by atoms with Crippen molar-refractivity contribution in [3.05, 3.63) is 51.2 Å². The molecule has 0 unspecified atom stereocenters. The van der Waals surface area contributed by atoms with Crippen molar-refractivity contribution in [2.75, 3.05) is 0 Å². The summed E-state index contributed by atoms with van der Waals surface area (Å²) in [6, 6.07) is 8.25. The predicted molar refractivity (Wildman–Crippen MR) is 71.8 cm³/mol. The summed E-state index contributed by atoms with van der Waals surface area (Å²) in [5, 5.41) is 18.1. The van der Waals surface area contributed by atoms with Crippen LogP contribution in [-0.4, -0.2) is 20.1 Å². The maximum atomic E-state index is 11.1. The van der Waals surface area contributed by atoms with E-state index in [1.807, 2.05) is 11.1 Å². The molecule has 2 aromatic heterocycles. The highest BCUT2D eigenvalue weighted by molar-refractivity contribution is 5.93. The number of aromatic hydroxyl groups is 1. The standard InChI is InChI=1S/C12H9N5O3/c18-9-5-8(14-12(20)15-9)16-17-10-6-3-1-2-4-7(6)13-11(10)19/h1-5,13,19H,(H2,14,15,18,20). The number of H-pyrrole nitrogens is 3. The average Bonchev–Trinajstić information content (AvgIpc) is 2.71. The summed E-state index contributed by atoms with van der Waals surface area (Å²) in [6.07, 6.45) is 0. The Bertz CT molecular complexity index is 890. The van der Waals surface area contributed by atoms with Gasteiger partial charge in [0.2, 0.25) is 5.88 Å². The molecular formula is C12H9N5O3.